The molecule has 0 saturated carbocycles. The summed E-state index contributed by atoms with van der Waals surface area (Å²) in [5, 5.41) is 3.67. The van der Waals surface area contributed by atoms with E-state index in [1.807, 2.05) is 6.07 Å². The maximum atomic E-state index is 6.03. The zero-order valence-electron chi connectivity index (χ0n) is 12.3. The summed E-state index contributed by atoms with van der Waals surface area (Å²) in [6.07, 6.45) is 8.06. The van der Waals surface area contributed by atoms with E-state index in [1.54, 1.807) is 11.3 Å². The fourth-order valence-electron chi connectivity index (χ4n) is 4.02. The van der Waals surface area contributed by atoms with Gasteiger partial charge in [-0.15, -0.1) is 11.3 Å². The van der Waals surface area contributed by atoms with Gasteiger partial charge in [-0.1, -0.05) is 24.9 Å². The second kappa shape index (κ2) is 6.78. The number of thiophene rings is 1. The second-order valence-corrected chi connectivity index (χ2v) is 7.96. The van der Waals surface area contributed by atoms with Crippen molar-refractivity contribution in [2.45, 2.75) is 63.6 Å². The summed E-state index contributed by atoms with van der Waals surface area (Å²) in [5.74, 6) is 0. The Hall–Kier alpha value is -0.0900. The smallest absolute Gasteiger partial charge is 0.0931 e. The molecule has 1 aromatic rings. The molecule has 0 aromatic carbocycles. The van der Waals surface area contributed by atoms with Gasteiger partial charge in [0.1, 0.15) is 0 Å². The van der Waals surface area contributed by atoms with Gasteiger partial charge in [0.15, 0.2) is 0 Å². The summed E-state index contributed by atoms with van der Waals surface area (Å²) in [5.41, 5.74) is 0. The normalized spacial score (nSPS) is 30.6. The quantitative estimate of drug-likeness (QED) is 0.886. The Morgan fingerprint density at radius 3 is 2.65 bits per heavy atom. The molecule has 2 saturated heterocycles. The predicted molar refractivity (Wildman–Crippen MR) is 87.9 cm³/mol. The zero-order chi connectivity index (χ0) is 13.9. The van der Waals surface area contributed by atoms with E-state index in [-0.39, 0.29) is 0 Å². The van der Waals surface area contributed by atoms with E-state index in [2.05, 4.69) is 23.2 Å². The van der Waals surface area contributed by atoms with Crippen LogP contribution in [0.4, 0.5) is 0 Å². The average molecular weight is 313 g/mol. The molecule has 0 radical (unpaired) electrons. The molecule has 2 nitrogen and oxygen atoms in total. The van der Waals surface area contributed by atoms with Crippen LogP contribution in [-0.4, -0.2) is 36.1 Å². The molecule has 2 aliphatic rings. The Labute approximate surface area is 131 Å². The van der Waals surface area contributed by atoms with Crippen molar-refractivity contribution in [2.24, 2.45) is 0 Å². The maximum absolute atomic E-state index is 6.03. The van der Waals surface area contributed by atoms with Crippen molar-refractivity contribution >= 4 is 22.9 Å². The topological polar surface area (TPSA) is 15.3 Å². The van der Waals surface area contributed by atoms with E-state index in [0.717, 1.165) is 35.4 Å². The number of piperidine rings is 2. The lowest BCUT2D eigenvalue weighted by Crippen LogP contribution is -2.56. The van der Waals surface area contributed by atoms with Crippen LogP contribution in [0.3, 0.4) is 0 Å². The van der Waals surface area contributed by atoms with Gasteiger partial charge in [-0.25, -0.2) is 0 Å². The first kappa shape index (κ1) is 14.8. The van der Waals surface area contributed by atoms with Crippen LogP contribution in [0.25, 0.3) is 0 Å². The molecule has 112 valence electrons. The molecule has 2 unspecified atom stereocenters. The minimum Gasteiger partial charge on any atom is -0.314 e. The van der Waals surface area contributed by atoms with Gasteiger partial charge in [-0.3, -0.25) is 4.90 Å². The van der Waals surface area contributed by atoms with Crippen molar-refractivity contribution in [3.8, 4) is 0 Å². The van der Waals surface area contributed by atoms with E-state index in [0.29, 0.717) is 0 Å². The predicted octanol–water partition coefficient (Wildman–Crippen LogP) is 3.94. The third kappa shape index (κ3) is 3.38. The average Bonchev–Trinajstić information content (AvgIpc) is 2.82. The van der Waals surface area contributed by atoms with Gasteiger partial charge in [0.2, 0.25) is 0 Å². The Bertz CT molecular complexity index is 420. The Morgan fingerprint density at radius 2 is 2.05 bits per heavy atom. The van der Waals surface area contributed by atoms with Gasteiger partial charge in [0, 0.05) is 29.5 Å². The van der Waals surface area contributed by atoms with Gasteiger partial charge in [-0.2, -0.15) is 0 Å². The summed E-state index contributed by atoms with van der Waals surface area (Å²) < 4.78 is 0.922. The van der Waals surface area contributed by atoms with Gasteiger partial charge >= 0.3 is 0 Å². The van der Waals surface area contributed by atoms with Gasteiger partial charge in [-0.05, 0) is 50.8 Å². The summed E-state index contributed by atoms with van der Waals surface area (Å²) in [7, 11) is 0. The fourth-order valence-corrected chi connectivity index (χ4v) is 5.10. The highest BCUT2D eigenvalue weighted by atomic mass is 35.5. The first-order valence-electron chi connectivity index (χ1n) is 7.99. The molecule has 2 fully saturated rings. The number of halogens is 1. The molecule has 0 spiro atoms. The fraction of sp³-hybridized carbons (Fsp3) is 0.750. The zero-order valence-corrected chi connectivity index (χ0v) is 13.8. The highest BCUT2D eigenvalue weighted by molar-refractivity contribution is 7.16. The number of fused-ring (bicyclic) bond motifs is 2. The molecule has 2 aliphatic heterocycles. The third-order valence-electron chi connectivity index (χ3n) is 4.86. The molecule has 2 bridgehead atoms. The molecule has 0 amide bonds. The summed E-state index contributed by atoms with van der Waals surface area (Å²) in [6, 6.07) is 6.58. The molecule has 0 aliphatic carbocycles. The SMILES string of the molecule is CCNC1CC2CCCC(C1)N2CCc1ccc(Cl)s1. The van der Waals surface area contributed by atoms with Crippen LogP contribution in [0.5, 0.6) is 0 Å². The Kier molecular flexibility index (Phi) is 5.03. The summed E-state index contributed by atoms with van der Waals surface area (Å²) in [4.78, 5) is 4.23. The third-order valence-corrected chi connectivity index (χ3v) is 6.15. The van der Waals surface area contributed by atoms with Crippen LogP contribution in [0, 0.1) is 0 Å². The molecule has 2 atom stereocenters. The number of rotatable bonds is 5. The standard InChI is InChI=1S/C16H25ClN2S/c1-2-18-12-10-13-4-3-5-14(11-12)19(13)9-8-15-6-7-16(17)20-15/h6-7,12-14,18H,2-5,8-11H2,1H3. The van der Waals surface area contributed by atoms with Gasteiger partial charge < -0.3 is 5.32 Å². The number of hydrogen-bond donors (Lipinski definition) is 1. The Morgan fingerprint density at radius 1 is 1.30 bits per heavy atom. The minimum absolute atomic E-state index is 0.753. The monoisotopic (exact) mass is 312 g/mol. The van der Waals surface area contributed by atoms with Crippen molar-refractivity contribution in [3.63, 3.8) is 0 Å². The van der Waals surface area contributed by atoms with Gasteiger partial charge in [0.25, 0.3) is 0 Å². The van der Waals surface area contributed by atoms with E-state index >= 15 is 0 Å². The summed E-state index contributed by atoms with van der Waals surface area (Å²) >= 11 is 7.77. The largest absolute Gasteiger partial charge is 0.314 e. The first-order chi connectivity index (χ1) is 9.76. The van der Waals surface area contributed by atoms with Crippen LogP contribution < -0.4 is 5.32 Å². The van der Waals surface area contributed by atoms with Crippen LogP contribution >= 0.6 is 22.9 Å². The highest BCUT2D eigenvalue weighted by Crippen LogP contribution is 2.34. The number of hydrogen-bond acceptors (Lipinski definition) is 3. The van der Waals surface area contributed by atoms with Crippen molar-refractivity contribution in [1.29, 1.82) is 0 Å². The number of nitrogens with one attached hydrogen (secondary N) is 1. The Balaban J connectivity index is 1.59. The molecule has 3 rings (SSSR count). The van der Waals surface area contributed by atoms with Crippen LogP contribution in [0.2, 0.25) is 4.34 Å². The second-order valence-electron chi connectivity index (χ2n) is 6.16. The molecule has 20 heavy (non-hydrogen) atoms. The number of nitrogens with zero attached hydrogens (tertiary/aromatic N) is 1. The van der Waals surface area contributed by atoms with Crippen molar-refractivity contribution < 1.29 is 0 Å². The van der Waals surface area contributed by atoms with Crippen molar-refractivity contribution in [3.05, 3.63) is 21.3 Å². The lowest BCUT2D eigenvalue weighted by atomic mass is 9.81. The van der Waals surface area contributed by atoms with E-state index in [9.17, 15) is 0 Å². The molecular formula is C16H25ClN2S. The van der Waals surface area contributed by atoms with Crippen molar-refractivity contribution in [2.75, 3.05) is 13.1 Å². The van der Waals surface area contributed by atoms with Crippen LogP contribution in [-0.2, 0) is 6.42 Å². The molecule has 1 aromatic heterocycles. The highest BCUT2D eigenvalue weighted by Gasteiger charge is 2.37. The van der Waals surface area contributed by atoms with E-state index in [4.69, 9.17) is 11.6 Å². The molecular weight excluding hydrogens is 288 g/mol. The lowest BCUT2D eigenvalue weighted by Gasteiger charge is -2.49. The summed E-state index contributed by atoms with van der Waals surface area (Å²) in [6.45, 7) is 4.55. The first-order valence-corrected chi connectivity index (χ1v) is 9.19. The molecule has 4 heteroatoms. The van der Waals surface area contributed by atoms with Gasteiger partial charge in [0.05, 0.1) is 4.34 Å². The maximum Gasteiger partial charge on any atom is 0.0931 e. The van der Waals surface area contributed by atoms with E-state index in [1.165, 1.54) is 43.5 Å². The molecule has 3 heterocycles. The lowest BCUT2D eigenvalue weighted by molar-refractivity contribution is 0.0261. The van der Waals surface area contributed by atoms with Crippen LogP contribution in [0.1, 0.15) is 43.9 Å². The van der Waals surface area contributed by atoms with Crippen molar-refractivity contribution in [1.82, 2.24) is 10.2 Å². The molecule has 1 N–H and O–H groups in total. The minimum atomic E-state index is 0.753. The van der Waals surface area contributed by atoms with Crippen LogP contribution in [0.15, 0.2) is 12.1 Å². The van der Waals surface area contributed by atoms with E-state index < -0.39 is 0 Å².